The Balaban J connectivity index is 1.76. The van der Waals surface area contributed by atoms with Crippen LogP contribution in [-0.4, -0.2) is 36.1 Å². The maximum Gasteiger partial charge on any atom is 0.0437 e. The Kier molecular flexibility index (Phi) is 3.88. The van der Waals surface area contributed by atoms with Crippen LogP contribution in [0.15, 0.2) is 36.7 Å². The maximum atomic E-state index is 4.26. The molecule has 2 aromatic rings. The first-order chi connectivity index (χ1) is 9.74. The van der Waals surface area contributed by atoms with Crippen LogP contribution in [0.2, 0.25) is 0 Å². The lowest BCUT2D eigenvalue weighted by atomic mass is 9.90. The lowest BCUT2D eigenvalue weighted by Gasteiger charge is -2.33. The number of nitrogens with one attached hydrogen (secondary N) is 1. The van der Waals surface area contributed by atoms with Crippen molar-refractivity contribution in [1.29, 1.82) is 0 Å². The molecule has 0 bridgehead atoms. The lowest BCUT2D eigenvalue weighted by Crippen LogP contribution is -2.37. The van der Waals surface area contributed by atoms with Gasteiger partial charge in [-0.15, -0.1) is 0 Å². The number of nitrogens with zero attached hydrogens (tertiary/aromatic N) is 2. The standard InChI is InChI=1S/C17H23N3/c1-13(14-7-10-20(2)11-8-14)19-17-5-3-4-15-6-9-18-12-16(15)17/h3-6,9,12-14,19H,7-8,10-11H2,1-2H3. The Morgan fingerprint density at radius 3 is 2.85 bits per heavy atom. The number of anilines is 1. The highest BCUT2D eigenvalue weighted by atomic mass is 15.1. The van der Waals surface area contributed by atoms with Crippen LogP contribution in [0.3, 0.4) is 0 Å². The molecule has 3 rings (SSSR count). The van der Waals surface area contributed by atoms with Gasteiger partial charge in [0.1, 0.15) is 0 Å². The summed E-state index contributed by atoms with van der Waals surface area (Å²) in [6.07, 6.45) is 6.38. The molecular weight excluding hydrogens is 246 g/mol. The zero-order chi connectivity index (χ0) is 13.9. The second-order valence-electron chi connectivity index (χ2n) is 5.98. The highest BCUT2D eigenvalue weighted by molar-refractivity contribution is 5.93. The predicted molar refractivity (Wildman–Crippen MR) is 85.0 cm³/mol. The fraction of sp³-hybridized carbons (Fsp3) is 0.471. The molecule has 2 heterocycles. The molecule has 1 saturated heterocycles. The summed E-state index contributed by atoms with van der Waals surface area (Å²) in [5.41, 5.74) is 1.21. The Labute approximate surface area is 121 Å². The van der Waals surface area contributed by atoms with E-state index in [1.807, 2.05) is 12.4 Å². The fourth-order valence-electron chi connectivity index (χ4n) is 3.13. The van der Waals surface area contributed by atoms with E-state index in [0.717, 1.165) is 5.92 Å². The van der Waals surface area contributed by atoms with E-state index in [2.05, 4.69) is 53.4 Å². The quantitative estimate of drug-likeness (QED) is 0.926. The van der Waals surface area contributed by atoms with E-state index >= 15 is 0 Å². The van der Waals surface area contributed by atoms with E-state index in [1.54, 1.807) is 0 Å². The van der Waals surface area contributed by atoms with Crippen LogP contribution in [0.5, 0.6) is 0 Å². The van der Waals surface area contributed by atoms with Crippen molar-refractivity contribution in [2.24, 2.45) is 5.92 Å². The van der Waals surface area contributed by atoms with Gasteiger partial charge >= 0.3 is 0 Å². The smallest absolute Gasteiger partial charge is 0.0437 e. The van der Waals surface area contributed by atoms with E-state index in [4.69, 9.17) is 0 Å². The molecule has 3 nitrogen and oxygen atoms in total. The molecule has 1 N–H and O–H groups in total. The average molecular weight is 269 g/mol. The number of fused-ring (bicyclic) bond motifs is 1. The fourth-order valence-corrected chi connectivity index (χ4v) is 3.13. The first-order valence-electron chi connectivity index (χ1n) is 7.52. The Bertz CT molecular complexity index is 568. The molecule has 1 aromatic carbocycles. The van der Waals surface area contributed by atoms with Crippen molar-refractivity contribution in [3.8, 4) is 0 Å². The van der Waals surface area contributed by atoms with Gasteiger partial charge in [0.25, 0.3) is 0 Å². The highest BCUT2D eigenvalue weighted by Gasteiger charge is 2.22. The molecule has 3 heteroatoms. The average Bonchev–Trinajstić information content (AvgIpc) is 2.48. The SMILES string of the molecule is CC(Nc1cccc2ccncc12)C1CCN(C)CC1. The van der Waals surface area contributed by atoms with Crippen LogP contribution in [-0.2, 0) is 0 Å². The van der Waals surface area contributed by atoms with Crippen LogP contribution in [0, 0.1) is 5.92 Å². The minimum Gasteiger partial charge on any atom is -0.382 e. The van der Waals surface area contributed by atoms with Crippen molar-refractivity contribution in [3.63, 3.8) is 0 Å². The Hall–Kier alpha value is -1.61. The van der Waals surface area contributed by atoms with Crippen LogP contribution in [0.4, 0.5) is 5.69 Å². The van der Waals surface area contributed by atoms with E-state index in [-0.39, 0.29) is 0 Å². The summed E-state index contributed by atoms with van der Waals surface area (Å²) in [5, 5.41) is 6.18. The molecule has 0 radical (unpaired) electrons. The largest absolute Gasteiger partial charge is 0.382 e. The minimum atomic E-state index is 0.509. The number of hydrogen-bond acceptors (Lipinski definition) is 3. The molecule has 1 unspecified atom stereocenters. The zero-order valence-electron chi connectivity index (χ0n) is 12.3. The third-order valence-corrected chi connectivity index (χ3v) is 4.54. The van der Waals surface area contributed by atoms with Crippen molar-refractivity contribution < 1.29 is 0 Å². The number of likely N-dealkylation sites (tertiary alicyclic amines) is 1. The number of pyridine rings is 1. The van der Waals surface area contributed by atoms with Crippen molar-refractivity contribution >= 4 is 16.5 Å². The molecular formula is C17H23N3. The van der Waals surface area contributed by atoms with Crippen LogP contribution < -0.4 is 5.32 Å². The van der Waals surface area contributed by atoms with Gasteiger partial charge in [0.15, 0.2) is 0 Å². The third-order valence-electron chi connectivity index (χ3n) is 4.54. The van der Waals surface area contributed by atoms with Crippen molar-refractivity contribution in [3.05, 3.63) is 36.7 Å². The van der Waals surface area contributed by atoms with Gasteiger partial charge in [-0.25, -0.2) is 0 Å². The number of aromatic nitrogens is 1. The summed E-state index contributed by atoms with van der Waals surface area (Å²) in [5.74, 6) is 0.762. The topological polar surface area (TPSA) is 28.2 Å². The van der Waals surface area contributed by atoms with E-state index in [0.29, 0.717) is 6.04 Å². The molecule has 0 amide bonds. The summed E-state index contributed by atoms with van der Waals surface area (Å²) in [7, 11) is 2.21. The first-order valence-corrected chi connectivity index (χ1v) is 7.52. The summed E-state index contributed by atoms with van der Waals surface area (Å²) in [6.45, 7) is 4.74. The van der Waals surface area contributed by atoms with Gasteiger partial charge in [-0.1, -0.05) is 12.1 Å². The molecule has 0 saturated carbocycles. The van der Waals surface area contributed by atoms with Crippen molar-refractivity contribution in [1.82, 2.24) is 9.88 Å². The summed E-state index contributed by atoms with van der Waals surface area (Å²) >= 11 is 0. The lowest BCUT2D eigenvalue weighted by molar-refractivity contribution is 0.208. The maximum absolute atomic E-state index is 4.26. The summed E-state index contributed by atoms with van der Waals surface area (Å²) in [6, 6.07) is 9.00. The van der Waals surface area contributed by atoms with Crippen LogP contribution in [0.25, 0.3) is 10.8 Å². The highest BCUT2D eigenvalue weighted by Crippen LogP contribution is 2.26. The second-order valence-corrected chi connectivity index (χ2v) is 5.98. The van der Waals surface area contributed by atoms with Gasteiger partial charge in [0.2, 0.25) is 0 Å². The predicted octanol–water partition coefficient (Wildman–Crippen LogP) is 3.38. The van der Waals surface area contributed by atoms with Gasteiger partial charge in [-0.2, -0.15) is 0 Å². The molecule has 1 fully saturated rings. The first kappa shape index (κ1) is 13.4. The van der Waals surface area contributed by atoms with E-state index in [1.165, 1.54) is 42.4 Å². The Morgan fingerprint density at radius 1 is 1.25 bits per heavy atom. The van der Waals surface area contributed by atoms with E-state index in [9.17, 15) is 0 Å². The number of benzene rings is 1. The molecule has 1 aromatic heterocycles. The van der Waals surface area contributed by atoms with Gasteiger partial charge in [0.05, 0.1) is 0 Å². The third kappa shape index (κ3) is 2.78. The molecule has 1 aliphatic rings. The molecule has 1 atom stereocenters. The summed E-state index contributed by atoms with van der Waals surface area (Å²) in [4.78, 5) is 6.68. The van der Waals surface area contributed by atoms with Crippen molar-refractivity contribution in [2.45, 2.75) is 25.8 Å². The van der Waals surface area contributed by atoms with Gasteiger partial charge in [-0.3, -0.25) is 4.98 Å². The molecule has 20 heavy (non-hydrogen) atoms. The second kappa shape index (κ2) is 5.80. The minimum absolute atomic E-state index is 0.509. The zero-order valence-corrected chi connectivity index (χ0v) is 12.3. The molecule has 0 spiro atoms. The molecule has 0 aliphatic carbocycles. The van der Waals surface area contributed by atoms with Crippen molar-refractivity contribution in [2.75, 3.05) is 25.5 Å². The number of piperidine rings is 1. The van der Waals surface area contributed by atoms with Crippen LogP contribution >= 0.6 is 0 Å². The number of rotatable bonds is 3. The molecule has 106 valence electrons. The Morgan fingerprint density at radius 2 is 2.05 bits per heavy atom. The van der Waals surface area contributed by atoms with Gasteiger partial charge in [0, 0.05) is 29.5 Å². The normalized spacial score (nSPS) is 19.1. The monoisotopic (exact) mass is 269 g/mol. The van der Waals surface area contributed by atoms with E-state index < -0.39 is 0 Å². The number of hydrogen-bond donors (Lipinski definition) is 1. The van der Waals surface area contributed by atoms with Crippen LogP contribution in [0.1, 0.15) is 19.8 Å². The summed E-state index contributed by atoms with van der Waals surface area (Å²) < 4.78 is 0. The van der Waals surface area contributed by atoms with Gasteiger partial charge in [-0.05, 0) is 63.3 Å². The van der Waals surface area contributed by atoms with Gasteiger partial charge < -0.3 is 10.2 Å². The molecule has 1 aliphatic heterocycles.